The van der Waals surface area contributed by atoms with Gasteiger partial charge in [0.15, 0.2) is 6.20 Å². The Balaban J connectivity index is 0.00000147. The minimum Gasteiger partial charge on any atom is -1.00 e. The van der Waals surface area contributed by atoms with Gasteiger partial charge in [0.05, 0.1) is 0 Å². The van der Waals surface area contributed by atoms with Crippen LogP contribution in [0.3, 0.4) is 0 Å². The number of hydrogen-bond donors (Lipinski definition) is 0. The van der Waals surface area contributed by atoms with Gasteiger partial charge in [-0.1, -0.05) is 42.5 Å². The summed E-state index contributed by atoms with van der Waals surface area (Å²) in [6.07, 6.45) is 6.39. The Kier molecular flexibility index (Phi) is 4.54. The lowest BCUT2D eigenvalue weighted by atomic mass is 10.0. The number of rotatable bonds is 2. The molecule has 0 amide bonds. The van der Waals surface area contributed by atoms with E-state index in [9.17, 15) is 0 Å². The van der Waals surface area contributed by atoms with Crippen LogP contribution in [-0.4, -0.2) is 0 Å². The average Bonchev–Trinajstić information content (AvgIpc) is 2.46. The van der Waals surface area contributed by atoms with E-state index < -0.39 is 0 Å². The van der Waals surface area contributed by atoms with Gasteiger partial charge >= 0.3 is 0 Å². The number of benzene rings is 2. The predicted octanol–water partition coefficient (Wildman–Crippen LogP) is 0.839. The zero-order chi connectivity index (χ0) is 13.1. The van der Waals surface area contributed by atoms with Crippen molar-refractivity contribution in [1.82, 2.24) is 0 Å². The molecule has 2 heteroatoms. The summed E-state index contributed by atoms with van der Waals surface area (Å²) in [6.45, 7) is 0. The van der Waals surface area contributed by atoms with Gasteiger partial charge < -0.3 is 12.4 Å². The van der Waals surface area contributed by atoms with E-state index in [0.29, 0.717) is 0 Å². The summed E-state index contributed by atoms with van der Waals surface area (Å²) in [7, 11) is 2.06. The van der Waals surface area contributed by atoms with Gasteiger partial charge in [0, 0.05) is 18.2 Å². The van der Waals surface area contributed by atoms with Gasteiger partial charge in [-0.2, -0.15) is 0 Å². The molecule has 0 aliphatic rings. The number of nitrogens with zero attached hydrogens (tertiary/aromatic N) is 1. The molecular formula is C18H16ClN. The van der Waals surface area contributed by atoms with E-state index in [1.807, 2.05) is 6.07 Å². The maximum atomic E-state index is 2.18. The summed E-state index contributed by atoms with van der Waals surface area (Å²) < 4.78 is 2.11. The smallest absolute Gasteiger partial charge is 0.204 e. The molecular weight excluding hydrogens is 266 g/mol. The number of aryl methyl sites for hydroxylation is 1. The lowest BCUT2D eigenvalue weighted by Gasteiger charge is -2.01. The first-order chi connectivity index (χ1) is 9.34. The zero-order valence-corrected chi connectivity index (χ0v) is 12.1. The highest BCUT2D eigenvalue weighted by molar-refractivity contribution is 5.92. The third kappa shape index (κ3) is 2.89. The van der Waals surface area contributed by atoms with Crippen LogP contribution < -0.4 is 17.0 Å². The highest BCUT2D eigenvalue weighted by atomic mass is 35.5. The van der Waals surface area contributed by atoms with E-state index in [4.69, 9.17) is 0 Å². The van der Waals surface area contributed by atoms with Crippen LogP contribution in [0.1, 0.15) is 11.3 Å². The van der Waals surface area contributed by atoms with Crippen molar-refractivity contribution in [2.45, 2.75) is 0 Å². The van der Waals surface area contributed by atoms with E-state index >= 15 is 0 Å². The molecule has 3 aromatic rings. The molecule has 0 spiro atoms. The van der Waals surface area contributed by atoms with Crippen LogP contribution in [0.25, 0.3) is 22.9 Å². The number of halogens is 1. The number of pyridine rings is 1. The van der Waals surface area contributed by atoms with Crippen LogP contribution in [0.15, 0.2) is 66.9 Å². The normalized spacial score (nSPS) is 10.7. The molecule has 100 valence electrons. The van der Waals surface area contributed by atoms with Gasteiger partial charge in [-0.05, 0) is 28.5 Å². The van der Waals surface area contributed by atoms with Crippen LogP contribution in [0.5, 0.6) is 0 Å². The van der Waals surface area contributed by atoms with Gasteiger partial charge in [0.1, 0.15) is 7.05 Å². The number of aromatic nitrogens is 1. The first-order valence-corrected chi connectivity index (χ1v) is 6.45. The Morgan fingerprint density at radius 2 is 1.55 bits per heavy atom. The van der Waals surface area contributed by atoms with E-state index in [1.54, 1.807) is 0 Å². The molecule has 0 aliphatic carbocycles. The molecule has 1 heterocycles. The fourth-order valence-corrected chi connectivity index (χ4v) is 2.28. The monoisotopic (exact) mass is 281 g/mol. The first-order valence-electron chi connectivity index (χ1n) is 6.45. The molecule has 0 radical (unpaired) electrons. The number of fused-ring (bicyclic) bond motifs is 1. The van der Waals surface area contributed by atoms with Gasteiger partial charge in [0.2, 0.25) is 5.69 Å². The third-order valence-corrected chi connectivity index (χ3v) is 3.35. The van der Waals surface area contributed by atoms with Crippen molar-refractivity contribution in [3.8, 4) is 0 Å². The molecule has 20 heavy (non-hydrogen) atoms. The quantitative estimate of drug-likeness (QED) is 0.613. The lowest BCUT2D eigenvalue weighted by molar-refractivity contribution is -0.673. The largest absolute Gasteiger partial charge is 1.00 e. The second-order valence-electron chi connectivity index (χ2n) is 4.64. The summed E-state index contributed by atoms with van der Waals surface area (Å²) in [4.78, 5) is 0. The highest BCUT2D eigenvalue weighted by Gasteiger charge is 2.00. The van der Waals surface area contributed by atoms with Gasteiger partial charge in [-0.3, -0.25) is 0 Å². The summed E-state index contributed by atoms with van der Waals surface area (Å²) >= 11 is 0. The summed E-state index contributed by atoms with van der Waals surface area (Å²) in [6, 6.07) is 21.1. The Bertz CT molecular complexity index is 742. The molecule has 0 bridgehead atoms. The van der Waals surface area contributed by atoms with Crippen molar-refractivity contribution in [2.24, 2.45) is 7.05 Å². The maximum absolute atomic E-state index is 2.18. The van der Waals surface area contributed by atoms with Gasteiger partial charge in [-0.25, -0.2) is 4.57 Å². The molecule has 0 saturated carbocycles. The van der Waals surface area contributed by atoms with E-state index in [-0.39, 0.29) is 12.4 Å². The number of hydrogen-bond acceptors (Lipinski definition) is 0. The zero-order valence-electron chi connectivity index (χ0n) is 11.3. The van der Waals surface area contributed by atoms with Crippen molar-refractivity contribution >= 4 is 22.9 Å². The van der Waals surface area contributed by atoms with Crippen LogP contribution in [0, 0.1) is 0 Å². The molecule has 0 saturated heterocycles. The van der Waals surface area contributed by atoms with Crippen LogP contribution in [-0.2, 0) is 7.05 Å². The van der Waals surface area contributed by atoms with Crippen LogP contribution in [0.2, 0.25) is 0 Å². The van der Waals surface area contributed by atoms with Crippen molar-refractivity contribution in [3.05, 3.63) is 78.1 Å². The Morgan fingerprint density at radius 1 is 0.800 bits per heavy atom. The molecule has 1 aromatic heterocycles. The topological polar surface area (TPSA) is 3.88 Å². The molecule has 0 unspecified atom stereocenters. The summed E-state index contributed by atoms with van der Waals surface area (Å²) in [5.41, 5.74) is 2.44. The Hall–Kier alpha value is -2.12. The van der Waals surface area contributed by atoms with Crippen molar-refractivity contribution in [3.63, 3.8) is 0 Å². The first kappa shape index (κ1) is 14.3. The molecule has 0 aliphatic heterocycles. The molecule has 0 fully saturated rings. The van der Waals surface area contributed by atoms with E-state index in [1.165, 1.54) is 22.0 Å². The van der Waals surface area contributed by atoms with Crippen molar-refractivity contribution in [2.75, 3.05) is 0 Å². The van der Waals surface area contributed by atoms with Gasteiger partial charge in [0.25, 0.3) is 0 Å². The Morgan fingerprint density at radius 3 is 2.40 bits per heavy atom. The van der Waals surface area contributed by atoms with Crippen LogP contribution in [0.4, 0.5) is 0 Å². The van der Waals surface area contributed by atoms with E-state index in [2.05, 4.69) is 84.6 Å². The molecule has 2 aromatic carbocycles. The summed E-state index contributed by atoms with van der Waals surface area (Å²) in [5, 5.41) is 2.57. The second kappa shape index (κ2) is 6.36. The van der Waals surface area contributed by atoms with Gasteiger partial charge in [-0.15, -0.1) is 0 Å². The standard InChI is InChI=1S/C18H16N.ClH/c1-19-14-5-4-10-17(19)13-12-16-9-6-8-15-7-2-3-11-18(15)16;/h2-14H,1H3;1H/q+1;/p-1/b13-12+;. The van der Waals surface area contributed by atoms with Crippen LogP contribution >= 0.6 is 0 Å². The minimum atomic E-state index is 0. The van der Waals surface area contributed by atoms with Crippen molar-refractivity contribution < 1.29 is 17.0 Å². The molecule has 1 nitrogen and oxygen atoms in total. The third-order valence-electron chi connectivity index (χ3n) is 3.35. The fourth-order valence-electron chi connectivity index (χ4n) is 2.28. The minimum absolute atomic E-state index is 0. The fraction of sp³-hybridized carbons (Fsp3) is 0.0556. The highest BCUT2D eigenvalue weighted by Crippen LogP contribution is 2.20. The summed E-state index contributed by atoms with van der Waals surface area (Å²) in [5.74, 6) is 0. The predicted molar refractivity (Wildman–Crippen MR) is 80.5 cm³/mol. The Labute approximate surface area is 125 Å². The maximum Gasteiger partial charge on any atom is 0.204 e. The molecule has 0 atom stereocenters. The van der Waals surface area contributed by atoms with E-state index in [0.717, 1.165) is 0 Å². The molecule has 0 N–H and O–H groups in total. The van der Waals surface area contributed by atoms with Crippen molar-refractivity contribution in [1.29, 1.82) is 0 Å². The second-order valence-corrected chi connectivity index (χ2v) is 4.64. The molecule has 3 rings (SSSR count). The lowest BCUT2D eigenvalue weighted by Crippen LogP contribution is -3.00. The SMILES string of the molecule is C[n+]1ccccc1/C=C/c1cccc2ccccc12.[Cl-]. The average molecular weight is 282 g/mol.